The maximum atomic E-state index is 13.1. The molecule has 13 heavy (non-hydrogen) atoms. The van der Waals surface area contributed by atoms with Gasteiger partial charge in [-0.3, -0.25) is 0 Å². The molecule has 1 unspecified atom stereocenters. The average molecular weight is 268 g/mol. The van der Waals surface area contributed by atoms with Gasteiger partial charge >= 0.3 is 0 Å². The molecule has 0 bridgehead atoms. The molecule has 4 heteroatoms. The summed E-state index contributed by atoms with van der Waals surface area (Å²) in [5.41, 5.74) is 0.695. The van der Waals surface area contributed by atoms with Crippen molar-refractivity contribution in [2.45, 2.75) is 19.4 Å². The van der Waals surface area contributed by atoms with Crippen molar-refractivity contribution < 1.29 is 9.50 Å². The van der Waals surface area contributed by atoms with Gasteiger partial charge in [-0.25, -0.2) is 4.39 Å². The molecule has 0 aliphatic rings. The third-order valence-electron chi connectivity index (χ3n) is 1.57. The maximum absolute atomic E-state index is 13.1. The Morgan fingerprint density at radius 3 is 2.69 bits per heavy atom. The van der Waals surface area contributed by atoms with Crippen molar-refractivity contribution in [3.63, 3.8) is 0 Å². The van der Waals surface area contributed by atoms with Crippen molar-refractivity contribution in [1.29, 1.82) is 0 Å². The van der Waals surface area contributed by atoms with Crippen LogP contribution in [-0.4, -0.2) is 11.2 Å². The molecule has 0 aromatic heterocycles. The summed E-state index contributed by atoms with van der Waals surface area (Å²) in [5, 5.41) is 9.41. The van der Waals surface area contributed by atoms with Crippen molar-refractivity contribution in [3.05, 3.63) is 33.0 Å². The van der Waals surface area contributed by atoms with E-state index in [-0.39, 0.29) is 4.47 Å². The Bertz CT molecular complexity index is 291. The topological polar surface area (TPSA) is 20.2 Å². The van der Waals surface area contributed by atoms with Crippen LogP contribution in [0.25, 0.3) is 0 Å². The number of aliphatic hydroxyl groups excluding tert-OH is 1. The van der Waals surface area contributed by atoms with E-state index in [1.54, 1.807) is 13.0 Å². The second-order valence-corrected chi connectivity index (χ2v) is 4.13. The third-order valence-corrected chi connectivity index (χ3v) is 2.91. The van der Waals surface area contributed by atoms with E-state index in [1.807, 2.05) is 0 Å². The fourth-order valence-corrected chi connectivity index (χ4v) is 1.53. The molecule has 1 N–H and O–H groups in total. The normalized spacial score (nSPS) is 13.0. The molecule has 0 fully saturated rings. The Hall–Kier alpha value is -0.120. The van der Waals surface area contributed by atoms with E-state index in [0.29, 0.717) is 17.0 Å². The number of hydrogen-bond acceptors (Lipinski definition) is 1. The highest BCUT2D eigenvalue weighted by Crippen LogP contribution is 2.27. The van der Waals surface area contributed by atoms with E-state index in [1.165, 1.54) is 6.07 Å². The lowest BCUT2D eigenvalue weighted by molar-refractivity contribution is 0.195. The van der Waals surface area contributed by atoms with Crippen LogP contribution >= 0.6 is 27.5 Å². The van der Waals surface area contributed by atoms with Gasteiger partial charge in [-0.2, -0.15) is 0 Å². The molecule has 1 rings (SSSR count). The molecule has 72 valence electrons. The molecule has 1 nitrogen and oxygen atoms in total. The SMILES string of the molecule is CC(O)Cc1cc(F)c(Br)c(Cl)c1. The summed E-state index contributed by atoms with van der Waals surface area (Å²) in [4.78, 5) is 0. The number of hydrogen-bond donors (Lipinski definition) is 1. The number of halogens is 3. The first kappa shape index (κ1) is 11.0. The molecule has 0 aliphatic carbocycles. The molecule has 0 spiro atoms. The van der Waals surface area contributed by atoms with Gasteiger partial charge in [-0.15, -0.1) is 0 Å². The van der Waals surface area contributed by atoms with Gasteiger partial charge in [-0.1, -0.05) is 11.6 Å². The van der Waals surface area contributed by atoms with Crippen LogP contribution in [0.5, 0.6) is 0 Å². The highest BCUT2D eigenvalue weighted by molar-refractivity contribution is 9.10. The monoisotopic (exact) mass is 266 g/mol. The summed E-state index contributed by atoms with van der Waals surface area (Å²) in [6.45, 7) is 1.65. The van der Waals surface area contributed by atoms with Crippen LogP contribution in [-0.2, 0) is 6.42 Å². The quantitative estimate of drug-likeness (QED) is 0.816. The van der Waals surface area contributed by atoms with Crippen LogP contribution in [0.2, 0.25) is 5.02 Å². The van der Waals surface area contributed by atoms with E-state index in [4.69, 9.17) is 16.7 Å². The number of rotatable bonds is 2. The number of benzene rings is 1. The molecular weight excluding hydrogens is 258 g/mol. The Morgan fingerprint density at radius 2 is 2.23 bits per heavy atom. The van der Waals surface area contributed by atoms with Gasteiger partial charge in [0.05, 0.1) is 15.6 Å². The van der Waals surface area contributed by atoms with Gasteiger partial charge in [-0.05, 0) is 47.0 Å². The van der Waals surface area contributed by atoms with Crippen LogP contribution in [0.3, 0.4) is 0 Å². The Labute approximate surface area is 89.7 Å². The summed E-state index contributed by atoms with van der Waals surface area (Å²) in [5.74, 6) is -0.400. The zero-order chi connectivity index (χ0) is 10.0. The van der Waals surface area contributed by atoms with E-state index < -0.39 is 11.9 Å². The maximum Gasteiger partial charge on any atom is 0.139 e. The van der Waals surface area contributed by atoms with Crippen LogP contribution < -0.4 is 0 Å². The van der Waals surface area contributed by atoms with Crippen molar-refractivity contribution in [2.75, 3.05) is 0 Å². The molecule has 1 aromatic rings. The highest BCUT2D eigenvalue weighted by Gasteiger charge is 2.08. The fourth-order valence-electron chi connectivity index (χ4n) is 1.07. The first-order chi connectivity index (χ1) is 6.00. The molecule has 1 atom stereocenters. The summed E-state index contributed by atoms with van der Waals surface area (Å²) in [7, 11) is 0. The fraction of sp³-hybridized carbons (Fsp3) is 0.333. The van der Waals surface area contributed by atoms with Crippen molar-refractivity contribution in [3.8, 4) is 0 Å². The van der Waals surface area contributed by atoms with Gasteiger partial charge in [0.15, 0.2) is 0 Å². The van der Waals surface area contributed by atoms with Crippen molar-refractivity contribution in [2.24, 2.45) is 0 Å². The smallest absolute Gasteiger partial charge is 0.139 e. The van der Waals surface area contributed by atoms with Crippen molar-refractivity contribution in [1.82, 2.24) is 0 Å². The Kier molecular flexibility index (Phi) is 3.71. The average Bonchev–Trinajstić information content (AvgIpc) is 1.98. The van der Waals surface area contributed by atoms with Gasteiger partial charge < -0.3 is 5.11 Å². The molecule has 0 radical (unpaired) electrons. The molecule has 0 saturated heterocycles. The zero-order valence-electron chi connectivity index (χ0n) is 7.02. The summed E-state index contributed by atoms with van der Waals surface area (Å²) in [6.07, 6.45) is -0.0826. The van der Waals surface area contributed by atoms with Crippen molar-refractivity contribution >= 4 is 27.5 Å². The zero-order valence-corrected chi connectivity index (χ0v) is 9.36. The molecule has 0 heterocycles. The molecule has 0 aliphatic heterocycles. The Balaban J connectivity index is 2.99. The van der Waals surface area contributed by atoms with E-state index in [9.17, 15) is 4.39 Å². The van der Waals surface area contributed by atoms with E-state index in [0.717, 1.165) is 0 Å². The van der Waals surface area contributed by atoms with Gasteiger partial charge in [0.1, 0.15) is 5.82 Å². The lowest BCUT2D eigenvalue weighted by Crippen LogP contribution is -2.04. The second-order valence-electron chi connectivity index (χ2n) is 2.93. The first-order valence-corrected chi connectivity index (χ1v) is 4.99. The molecular formula is C9H9BrClFO. The van der Waals surface area contributed by atoms with Gasteiger partial charge in [0.25, 0.3) is 0 Å². The lowest BCUT2D eigenvalue weighted by atomic mass is 10.1. The summed E-state index contributed by atoms with van der Waals surface area (Å²) < 4.78 is 13.3. The minimum Gasteiger partial charge on any atom is -0.393 e. The predicted octanol–water partition coefficient (Wildman–Crippen LogP) is 3.16. The first-order valence-electron chi connectivity index (χ1n) is 3.82. The molecule has 0 saturated carbocycles. The van der Waals surface area contributed by atoms with E-state index in [2.05, 4.69) is 15.9 Å². The summed E-state index contributed by atoms with van der Waals surface area (Å²) >= 11 is 8.74. The summed E-state index contributed by atoms with van der Waals surface area (Å²) in [6, 6.07) is 3.00. The van der Waals surface area contributed by atoms with Gasteiger partial charge in [0, 0.05) is 0 Å². The minimum atomic E-state index is -0.489. The van der Waals surface area contributed by atoms with E-state index >= 15 is 0 Å². The largest absolute Gasteiger partial charge is 0.393 e. The van der Waals surface area contributed by atoms with Crippen LogP contribution in [0.4, 0.5) is 4.39 Å². The standard InChI is InChI=1S/C9H9BrClFO/c1-5(13)2-6-3-7(11)9(10)8(12)4-6/h3-5,13H,2H2,1H3. The minimum absolute atomic E-state index is 0.267. The van der Waals surface area contributed by atoms with Crippen LogP contribution in [0, 0.1) is 5.82 Å². The number of aliphatic hydroxyl groups is 1. The third kappa shape index (κ3) is 2.93. The van der Waals surface area contributed by atoms with Crippen LogP contribution in [0.1, 0.15) is 12.5 Å². The van der Waals surface area contributed by atoms with Crippen LogP contribution in [0.15, 0.2) is 16.6 Å². The molecule has 1 aromatic carbocycles. The van der Waals surface area contributed by atoms with Gasteiger partial charge in [0.2, 0.25) is 0 Å². The highest BCUT2D eigenvalue weighted by atomic mass is 79.9. The predicted molar refractivity (Wildman–Crippen MR) is 54.5 cm³/mol. The molecule has 0 amide bonds. The lowest BCUT2D eigenvalue weighted by Gasteiger charge is -2.06. The second kappa shape index (κ2) is 4.40. The Morgan fingerprint density at radius 1 is 1.62 bits per heavy atom.